The second-order valence-electron chi connectivity index (χ2n) is 6.19. The molecule has 0 spiro atoms. The molecule has 0 amide bonds. The highest BCUT2D eigenvalue weighted by atomic mass is 32.1. The monoisotopic (exact) mass is 349 g/mol. The zero-order chi connectivity index (χ0) is 16.4. The van der Waals surface area contributed by atoms with Crippen molar-refractivity contribution in [3.05, 3.63) is 40.7 Å². The van der Waals surface area contributed by atoms with Crippen LogP contribution in [0.3, 0.4) is 0 Å². The lowest BCUT2D eigenvalue weighted by atomic mass is 10.1. The van der Waals surface area contributed by atoms with Crippen molar-refractivity contribution in [2.45, 2.75) is 31.5 Å². The van der Waals surface area contributed by atoms with Gasteiger partial charge in [-0.05, 0) is 30.5 Å². The molecule has 0 bridgehead atoms. The Morgan fingerprint density at radius 1 is 1.12 bits per heavy atom. The summed E-state index contributed by atoms with van der Waals surface area (Å²) < 4.78 is 24.6. The second kappa shape index (κ2) is 7.13. The van der Waals surface area contributed by atoms with Crippen molar-refractivity contribution in [2.75, 3.05) is 31.2 Å². The summed E-state index contributed by atoms with van der Waals surface area (Å²) in [5.41, 5.74) is 1.04. The van der Waals surface area contributed by atoms with Crippen LogP contribution in [0.2, 0.25) is 0 Å². The van der Waals surface area contributed by atoms with Gasteiger partial charge in [0.05, 0.1) is 12.7 Å². The number of rotatable bonds is 4. The number of hydrogen-bond donors (Lipinski definition) is 0. The van der Waals surface area contributed by atoms with E-state index in [0.29, 0.717) is 13.0 Å². The molecular formula is C17H20FN3O2S. The van der Waals surface area contributed by atoms with Gasteiger partial charge >= 0.3 is 0 Å². The Hall–Kier alpha value is -1.57. The van der Waals surface area contributed by atoms with Crippen LogP contribution in [0.15, 0.2) is 24.3 Å². The molecule has 0 unspecified atom stereocenters. The van der Waals surface area contributed by atoms with E-state index in [1.54, 1.807) is 23.5 Å². The van der Waals surface area contributed by atoms with E-state index in [0.717, 1.165) is 48.2 Å². The minimum absolute atomic E-state index is 0.116. The molecule has 1 aromatic heterocycles. The fraction of sp³-hybridized carbons (Fsp3) is 0.529. The quantitative estimate of drug-likeness (QED) is 0.849. The smallest absolute Gasteiger partial charge is 0.208 e. The molecule has 0 saturated carbocycles. The molecule has 2 saturated heterocycles. The number of benzene rings is 1. The molecule has 0 radical (unpaired) electrons. The maximum atomic E-state index is 13.0. The summed E-state index contributed by atoms with van der Waals surface area (Å²) in [5.74, 6) is -0.217. The Morgan fingerprint density at radius 3 is 2.75 bits per heavy atom. The summed E-state index contributed by atoms with van der Waals surface area (Å²) >= 11 is 1.60. The van der Waals surface area contributed by atoms with E-state index in [4.69, 9.17) is 9.47 Å². The molecule has 3 heterocycles. The lowest BCUT2D eigenvalue weighted by molar-refractivity contribution is -0.0543. The SMILES string of the molecule is Fc1ccc(Cc2nnc(N3CCO[C@H]([C@H]4CCCO4)C3)s2)cc1. The first-order valence-electron chi connectivity index (χ1n) is 8.33. The molecule has 2 aliphatic rings. The Labute approximate surface area is 144 Å². The largest absolute Gasteiger partial charge is 0.375 e. The maximum absolute atomic E-state index is 13.0. The van der Waals surface area contributed by atoms with E-state index in [1.807, 2.05) is 0 Å². The van der Waals surface area contributed by atoms with Crippen LogP contribution in [0.5, 0.6) is 0 Å². The summed E-state index contributed by atoms with van der Waals surface area (Å²) in [6, 6.07) is 6.54. The number of morpholine rings is 1. The van der Waals surface area contributed by atoms with E-state index < -0.39 is 0 Å². The van der Waals surface area contributed by atoms with Gasteiger partial charge < -0.3 is 14.4 Å². The third kappa shape index (κ3) is 3.58. The molecule has 7 heteroatoms. The standard InChI is InChI=1S/C17H20FN3O2S/c18-13-5-3-12(4-6-13)10-16-19-20-17(24-16)21-7-9-23-15(11-21)14-2-1-8-22-14/h3-6,14-15H,1-2,7-11H2/t14-,15+/m1/s1. The van der Waals surface area contributed by atoms with Crippen LogP contribution < -0.4 is 4.90 Å². The van der Waals surface area contributed by atoms with E-state index in [1.165, 1.54) is 12.1 Å². The highest BCUT2D eigenvalue weighted by Gasteiger charge is 2.32. The molecule has 2 aliphatic heterocycles. The molecule has 128 valence electrons. The summed E-state index contributed by atoms with van der Waals surface area (Å²) in [4.78, 5) is 2.24. The zero-order valence-corrected chi connectivity index (χ0v) is 14.2. The predicted molar refractivity (Wildman–Crippen MR) is 90.0 cm³/mol. The van der Waals surface area contributed by atoms with Gasteiger partial charge in [0.25, 0.3) is 0 Å². The number of aromatic nitrogens is 2. The fourth-order valence-corrected chi connectivity index (χ4v) is 4.10. The first-order chi connectivity index (χ1) is 11.8. The molecule has 0 aliphatic carbocycles. The normalized spacial score (nSPS) is 24.5. The lowest BCUT2D eigenvalue weighted by Gasteiger charge is -2.34. The average molecular weight is 349 g/mol. The van der Waals surface area contributed by atoms with Crippen LogP contribution in [0, 0.1) is 5.82 Å². The second-order valence-corrected chi connectivity index (χ2v) is 7.23. The van der Waals surface area contributed by atoms with Crippen molar-refractivity contribution in [3.8, 4) is 0 Å². The molecule has 2 atom stereocenters. The minimum Gasteiger partial charge on any atom is -0.375 e. The third-order valence-electron chi connectivity index (χ3n) is 4.47. The predicted octanol–water partition coefficient (Wildman–Crippen LogP) is 2.65. The number of anilines is 1. The van der Waals surface area contributed by atoms with Gasteiger partial charge in [0.1, 0.15) is 16.9 Å². The van der Waals surface area contributed by atoms with Crippen molar-refractivity contribution in [2.24, 2.45) is 0 Å². The van der Waals surface area contributed by atoms with Gasteiger partial charge in [-0.15, -0.1) is 10.2 Å². The van der Waals surface area contributed by atoms with Crippen molar-refractivity contribution in [1.82, 2.24) is 10.2 Å². The minimum atomic E-state index is -0.217. The van der Waals surface area contributed by atoms with Gasteiger partial charge in [0, 0.05) is 26.1 Å². The summed E-state index contributed by atoms with van der Waals surface area (Å²) in [7, 11) is 0. The Balaban J connectivity index is 1.41. The molecule has 24 heavy (non-hydrogen) atoms. The highest BCUT2D eigenvalue weighted by molar-refractivity contribution is 7.15. The van der Waals surface area contributed by atoms with E-state index >= 15 is 0 Å². The van der Waals surface area contributed by atoms with E-state index in [9.17, 15) is 4.39 Å². The van der Waals surface area contributed by atoms with Crippen molar-refractivity contribution in [1.29, 1.82) is 0 Å². The highest BCUT2D eigenvalue weighted by Crippen LogP contribution is 2.27. The van der Waals surface area contributed by atoms with Gasteiger partial charge in [-0.1, -0.05) is 23.5 Å². The molecule has 2 fully saturated rings. The van der Waals surface area contributed by atoms with Gasteiger partial charge in [0.2, 0.25) is 5.13 Å². The van der Waals surface area contributed by atoms with Crippen LogP contribution in [-0.4, -0.2) is 48.7 Å². The van der Waals surface area contributed by atoms with Crippen LogP contribution in [0.4, 0.5) is 9.52 Å². The van der Waals surface area contributed by atoms with Gasteiger partial charge in [-0.25, -0.2) is 4.39 Å². The van der Waals surface area contributed by atoms with Gasteiger partial charge in [0.15, 0.2) is 0 Å². The first-order valence-corrected chi connectivity index (χ1v) is 9.14. The van der Waals surface area contributed by atoms with Crippen LogP contribution >= 0.6 is 11.3 Å². The van der Waals surface area contributed by atoms with E-state index in [2.05, 4.69) is 15.1 Å². The Bertz CT molecular complexity index is 673. The molecular weight excluding hydrogens is 329 g/mol. The summed E-state index contributed by atoms with van der Waals surface area (Å²) in [6.07, 6.45) is 3.19. The van der Waals surface area contributed by atoms with Crippen molar-refractivity contribution in [3.63, 3.8) is 0 Å². The average Bonchev–Trinajstić information content (AvgIpc) is 3.29. The topological polar surface area (TPSA) is 47.5 Å². The number of ether oxygens (including phenoxy) is 2. The molecule has 4 rings (SSSR count). The summed E-state index contributed by atoms with van der Waals surface area (Å²) in [6.45, 7) is 3.16. The maximum Gasteiger partial charge on any atom is 0.208 e. The Kier molecular flexibility index (Phi) is 4.73. The van der Waals surface area contributed by atoms with Crippen molar-refractivity contribution < 1.29 is 13.9 Å². The molecule has 2 aromatic rings. The zero-order valence-electron chi connectivity index (χ0n) is 13.4. The summed E-state index contributed by atoms with van der Waals surface area (Å²) in [5, 5.41) is 10.5. The van der Waals surface area contributed by atoms with Crippen molar-refractivity contribution >= 4 is 16.5 Å². The van der Waals surface area contributed by atoms with Gasteiger partial charge in [-0.2, -0.15) is 0 Å². The van der Waals surface area contributed by atoms with E-state index in [-0.39, 0.29) is 18.0 Å². The first kappa shape index (κ1) is 15.9. The Morgan fingerprint density at radius 2 is 1.96 bits per heavy atom. The number of nitrogens with zero attached hydrogens (tertiary/aromatic N) is 3. The molecule has 0 N–H and O–H groups in total. The van der Waals surface area contributed by atoms with Crippen LogP contribution in [0.1, 0.15) is 23.4 Å². The van der Waals surface area contributed by atoms with Crippen LogP contribution in [0.25, 0.3) is 0 Å². The molecule has 1 aromatic carbocycles. The number of halogens is 1. The molecule has 5 nitrogen and oxygen atoms in total. The van der Waals surface area contributed by atoms with Gasteiger partial charge in [-0.3, -0.25) is 0 Å². The number of hydrogen-bond acceptors (Lipinski definition) is 6. The van der Waals surface area contributed by atoms with Crippen LogP contribution in [-0.2, 0) is 15.9 Å². The fourth-order valence-electron chi connectivity index (χ4n) is 3.19. The lowest BCUT2D eigenvalue weighted by Crippen LogP contribution is -2.47. The third-order valence-corrected chi connectivity index (χ3v) is 5.45.